The summed E-state index contributed by atoms with van der Waals surface area (Å²) in [6.45, 7) is 0. The molecule has 1 aliphatic rings. The van der Waals surface area contributed by atoms with Crippen LogP contribution in [0.2, 0.25) is 0 Å². The van der Waals surface area contributed by atoms with Gasteiger partial charge >= 0.3 is 5.97 Å². The fourth-order valence-corrected chi connectivity index (χ4v) is 2.64. The van der Waals surface area contributed by atoms with Gasteiger partial charge in [-0.1, -0.05) is 30.0 Å². The molecule has 19 heavy (non-hydrogen) atoms. The molecule has 2 N–H and O–H groups in total. The molecule has 0 saturated carbocycles. The average Bonchev–Trinajstić information content (AvgIpc) is 2.67. The minimum absolute atomic E-state index is 0.0677. The van der Waals surface area contributed by atoms with Crippen molar-refractivity contribution in [2.75, 3.05) is 7.11 Å². The van der Waals surface area contributed by atoms with E-state index in [2.05, 4.69) is 5.32 Å². The van der Waals surface area contributed by atoms with Gasteiger partial charge < -0.3 is 15.2 Å². The minimum Gasteiger partial charge on any atom is -0.496 e. The molecule has 1 fully saturated rings. The van der Waals surface area contributed by atoms with Gasteiger partial charge in [0.15, 0.2) is 0 Å². The van der Waals surface area contributed by atoms with E-state index in [1.54, 1.807) is 12.1 Å². The quantitative estimate of drug-likeness (QED) is 0.655. The lowest BCUT2D eigenvalue weighted by molar-refractivity contribution is -0.115. The van der Waals surface area contributed by atoms with Crippen molar-refractivity contribution >= 4 is 46.3 Å². The Hall–Kier alpha value is -1.86. The van der Waals surface area contributed by atoms with Crippen LogP contribution in [0.25, 0.3) is 6.08 Å². The van der Waals surface area contributed by atoms with E-state index in [9.17, 15) is 9.59 Å². The second-order valence-corrected chi connectivity index (χ2v) is 5.30. The molecular weight excluding hydrogens is 286 g/mol. The number of hydrogen-bond acceptors (Lipinski definition) is 5. The van der Waals surface area contributed by atoms with Gasteiger partial charge in [0, 0.05) is 5.56 Å². The highest BCUT2D eigenvalue weighted by Crippen LogP contribution is 2.31. The number of ether oxygens (including phenoxy) is 1. The third kappa shape index (κ3) is 2.77. The van der Waals surface area contributed by atoms with Crippen LogP contribution in [0, 0.1) is 0 Å². The average molecular weight is 295 g/mol. The van der Waals surface area contributed by atoms with Crippen LogP contribution in [0.1, 0.15) is 15.9 Å². The van der Waals surface area contributed by atoms with E-state index in [0.29, 0.717) is 20.5 Å². The Kier molecular flexibility index (Phi) is 3.87. The zero-order chi connectivity index (χ0) is 14.0. The Labute approximate surface area is 118 Å². The van der Waals surface area contributed by atoms with Gasteiger partial charge in [-0.15, -0.1) is 0 Å². The van der Waals surface area contributed by atoms with Crippen LogP contribution in [0.4, 0.5) is 0 Å². The first-order valence-electron chi connectivity index (χ1n) is 5.18. The van der Waals surface area contributed by atoms with Crippen molar-refractivity contribution in [1.82, 2.24) is 5.32 Å². The van der Waals surface area contributed by atoms with Crippen molar-refractivity contribution in [3.63, 3.8) is 0 Å². The Morgan fingerprint density at radius 3 is 2.79 bits per heavy atom. The first-order chi connectivity index (χ1) is 9.02. The molecule has 0 spiro atoms. The summed E-state index contributed by atoms with van der Waals surface area (Å²) in [6, 6.07) is 4.67. The summed E-state index contributed by atoms with van der Waals surface area (Å²) >= 11 is 5.97. The number of rotatable bonds is 3. The Bertz CT molecular complexity index is 610. The summed E-state index contributed by atoms with van der Waals surface area (Å²) < 4.78 is 5.48. The largest absolute Gasteiger partial charge is 0.496 e. The molecule has 1 heterocycles. The number of hydrogen-bond donors (Lipinski definition) is 2. The number of thiocarbonyl (C=S) groups is 1. The molecule has 0 radical (unpaired) electrons. The lowest BCUT2D eigenvalue weighted by atomic mass is 10.1. The molecule has 0 bridgehead atoms. The first kappa shape index (κ1) is 13.6. The van der Waals surface area contributed by atoms with Crippen molar-refractivity contribution in [2.24, 2.45) is 0 Å². The van der Waals surface area contributed by atoms with Gasteiger partial charge in [-0.3, -0.25) is 4.79 Å². The van der Waals surface area contributed by atoms with Crippen molar-refractivity contribution in [1.29, 1.82) is 0 Å². The molecule has 0 aliphatic carbocycles. The third-order valence-corrected chi connectivity index (χ3v) is 3.60. The number of benzene rings is 1. The van der Waals surface area contributed by atoms with E-state index >= 15 is 0 Å². The van der Waals surface area contributed by atoms with Gasteiger partial charge in [0.1, 0.15) is 10.1 Å². The number of thioether (sulfide) groups is 1. The number of carbonyl (C=O) groups is 2. The third-order valence-electron chi connectivity index (χ3n) is 2.43. The first-order valence-corrected chi connectivity index (χ1v) is 6.40. The molecule has 1 aliphatic heterocycles. The number of amides is 1. The molecule has 5 nitrogen and oxygen atoms in total. The van der Waals surface area contributed by atoms with Crippen LogP contribution in [-0.2, 0) is 4.79 Å². The molecule has 98 valence electrons. The molecule has 0 unspecified atom stereocenters. The van der Waals surface area contributed by atoms with E-state index < -0.39 is 5.97 Å². The summed E-state index contributed by atoms with van der Waals surface area (Å²) in [4.78, 5) is 23.1. The predicted molar refractivity (Wildman–Crippen MR) is 76.3 cm³/mol. The highest BCUT2D eigenvalue weighted by atomic mass is 32.2. The number of carboxylic acids is 1. The van der Waals surface area contributed by atoms with E-state index in [1.165, 1.54) is 19.3 Å². The van der Waals surface area contributed by atoms with Crippen LogP contribution in [0.5, 0.6) is 5.75 Å². The zero-order valence-electron chi connectivity index (χ0n) is 9.80. The summed E-state index contributed by atoms with van der Waals surface area (Å²) in [5, 5.41) is 11.6. The van der Waals surface area contributed by atoms with E-state index in [0.717, 1.165) is 11.8 Å². The van der Waals surface area contributed by atoms with E-state index in [-0.39, 0.29) is 11.5 Å². The number of carbonyl (C=O) groups excluding carboxylic acids is 1. The molecule has 1 saturated heterocycles. The normalized spacial score (nSPS) is 16.6. The van der Waals surface area contributed by atoms with Gasteiger partial charge in [0.2, 0.25) is 0 Å². The molecule has 1 aromatic carbocycles. The molecule has 1 aromatic rings. The minimum atomic E-state index is -1.09. The number of methoxy groups -OCH3 is 1. The number of nitrogens with one attached hydrogen (secondary N) is 1. The fourth-order valence-electron chi connectivity index (χ4n) is 1.61. The molecular formula is C12H9NO4S2. The van der Waals surface area contributed by atoms with Crippen molar-refractivity contribution < 1.29 is 19.4 Å². The summed E-state index contributed by atoms with van der Waals surface area (Å²) in [6.07, 6.45) is 1.47. The molecule has 0 aromatic heterocycles. The monoisotopic (exact) mass is 295 g/mol. The highest BCUT2D eigenvalue weighted by Gasteiger charge is 2.24. The Morgan fingerprint density at radius 1 is 1.53 bits per heavy atom. The maximum atomic E-state index is 11.6. The molecule has 2 rings (SSSR count). The van der Waals surface area contributed by atoms with Gasteiger partial charge in [-0.2, -0.15) is 0 Å². The van der Waals surface area contributed by atoms with E-state index in [1.807, 2.05) is 0 Å². The Balaban J connectivity index is 2.55. The van der Waals surface area contributed by atoms with Gasteiger partial charge in [0.25, 0.3) is 5.91 Å². The lowest BCUT2D eigenvalue weighted by Gasteiger charge is -2.08. The lowest BCUT2D eigenvalue weighted by Crippen LogP contribution is -2.17. The topological polar surface area (TPSA) is 75.6 Å². The maximum Gasteiger partial charge on any atom is 0.336 e. The SMILES string of the molecule is COc1cccc(C(=O)O)c1/C=C1/SC(=S)NC1=O. The Morgan fingerprint density at radius 2 is 2.26 bits per heavy atom. The van der Waals surface area contributed by atoms with Crippen molar-refractivity contribution in [2.45, 2.75) is 0 Å². The van der Waals surface area contributed by atoms with Crippen LogP contribution in [0.3, 0.4) is 0 Å². The summed E-state index contributed by atoms with van der Waals surface area (Å²) in [7, 11) is 1.44. The maximum absolute atomic E-state index is 11.6. The molecule has 1 amide bonds. The number of aromatic carboxylic acids is 1. The number of carboxylic acid groups (broad SMARTS) is 1. The van der Waals surface area contributed by atoms with Crippen LogP contribution >= 0.6 is 24.0 Å². The zero-order valence-corrected chi connectivity index (χ0v) is 11.4. The summed E-state index contributed by atoms with van der Waals surface area (Å²) in [5.41, 5.74) is 0.415. The summed E-state index contributed by atoms with van der Waals surface area (Å²) in [5.74, 6) is -1.03. The second-order valence-electron chi connectivity index (χ2n) is 3.58. The van der Waals surface area contributed by atoms with Crippen molar-refractivity contribution in [3.05, 3.63) is 34.2 Å². The second kappa shape index (κ2) is 5.41. The van der Waals surface area contributed by atoms with Gasteiger partial charge in [-0.05, 0) is 18.2 Å². The molecule has 7 heteroatoms. The van der Waals surface area contributed by atoms with Crippen LogP contribution in [-0.4, -0.2) is 28.4 Å². The highest BCUT2D eigenvalue weighted by molar-refractivity contribution is 8.26. The molecule has 0 atom stereocenters. The van der Waals surface area contributed by atoms with E-state index in [4.69, 9.17) is 22.1 Å². The fraction of sp³-hybridized carbons (Fsp3) is 0.0833. The van der Waals surface area contributed by atoms with Gasteiger partial charge in [-0.25, -0.2) is 4.79 Å². The van der Waals surface area contributed by atoms with Crippen molar-refractivity contribution in [3.8, 4) is 5.75 Å². The van der Waals surface area contributed by atoms with Gasteiger partial charge in [0.05, 0.1) is 17.6 Å². The van der Waals surface area contributed by atoms with Crippen LogP contribution < -0.4 is 10.1 Å². The smallest absolute Gasteiger partial charge is 0.336 e. The predicted octanol–water partition coefficient (Wildman–Crippen LogP) is 1.88. The standard InChI is InChI=1S/C12H9NO4S2/c1-17-8-4-2-3-6(11(15)16)7(8)5-9-10(14)13-12(18)19-9/h2-5H,1H3,(H,15,16)(H,13,14,18)/b9-5+. The van der Waals surface area contributed by atoms with Crippen LogP contribution in [0.15, 0.2) is 23.1 Å².